The molecule has 0 spiro atoms. The van der Waals surface area contributed by atoms with Gasteiger partial charge in [0.15, 0.2) is 0 Å². The number of nitrogens with one attached hydrogen (secondary N) is 1. The summed E-state index contributed by atoms with van der Waals surface area (Å²) in [6, 6.07) is 8.59. The van der Waals surface area contributed by atoms with Gasteiger partial charge in [-0.1, -0.05) is 78.8 Å². The fourth-order valence-corrected chi connectivity index (χ4v) is 8.39. The Kier molecular flexibility index (Phi) is 18.3. The fourth-order valence-electron chi connectivity index (χ4n) is 7.48. The van der Waals surface area contributed by atoms with Gasteiger partial charge < -0.3 is 19.1 Å². The molecule has 2 aliphatic heterocycles. The van der Waals surface area contributed by atoms with Crippen molar-refractivity contribution in [3.8, 4) is 0 Å². The van der Waals surface area contributed by atoms with Crippen LogP contribution in [0.2, 0.25) is 0 Å². The van der Waals surface area contributed by atoms with E-state index in [1.54, 1.807) is 18.9 Å². The number of epoxide rings is 1. The van der Waals surface area contributed by atoms with Gasteiger partial charge in [0.05, 0.1) is 11.7 Å². The summed E-state index contributed by atoms with van der Waals surface area (Å²) in [6.45, 7) is 16.3. The molecular formula is C45H66N6O8S. The number of hydrogen-bond donors (Lipinski definition) is 1. The highest BCUT2D eigenvalue weighted by Crippen LogP contribution is 2.40. The Balaban J connectivity index is 1.54. The molecule has 1 aromatic heterocycles. The van der Waals surface area contributed by atoms with Crippen LogP contribution in [0.3, 0.4) is 0 Å². The predicted molar refractivity (Wildman–Crippen MR) is 232 cm³/mol. The number of nitrogens with zero attached hydrogens (tertiary/aromatic N) is 5. The van der Waals surface area contributed by atoms with E-state index in [2.05, 4.69) is 24.2 Å². The van der Waals surface area contributed by atoms with Crippen LogP contribution in [-0.4, -0.2) is 114 Å². The van der Waals surface area contributed by atoms with E-state index in [1.165, 1.54) is 28.4 Å². The number of ether oxygens (including phenoxy) is 3. The zero-order valence-corrected chi connectivity index (χ0v) is 38.1. The number of amides is 4. The number of rotatable bonds is 24. The van der Waals surface area contributed by atoms with Crippen molar-refractivity contribution in [2.45, 2.75) is 130 Å². The van der Waals surface area contributed by atoms with Gasteiger partial charge in [-0.25, -0.2) is 9.98 Å². The van der Waals surface area contributed by atoms with E-state index in [9.17, 15) is 24.0 Å². The molecule has 0 saturated carbocycles. The van der Waals surface area contributed by atoms with E-state index in [0.717, 1.165) is 16.3 Å². The number of unbranched alkanes of at least 4 members (excludes halogenated alkanes) is 1. The highest BCUT2D eigenvalue weighted by Gasteiger charge is 2.44. The minimum Gasteiger partial charge on any atom is -0.456 e. The van der Waals surface area contributed by atoms with E-state index < -0.39 is 18.2 Å². The van der Waals surface area contributed by atoms with Gasteiger partial charge in [0.1, 0.15) is 35.3 Å². The summed E-state index contributed by atoms with van der Waals surface area (Å²) >= 11 is 1.46. The number of imide groups is 1. The molecule has 0 radical (unpaired) electrons. The number of aliphatic imine (C=N–C) groups is 1. The van der Waals surface area contributed by atoms with Gasteiger partial charge in [-0.2, -0.15) is 0 Å². The predicted octanol–water partition coefficient (Wildman–Crippen LogP) is 6.45. The summed E-state index contributed by atoms with van der Waals surface area (Å²) in [6.07, 6.45) is 3.35. The van der Waals surface area contributed by atoms with Crippen LogP contribution in [0.4, 0.5) is 0 Å². The minimum atomic E-state index is -0.508. The Morgan fingerprint density at radius 1 is 0.967 bits per heavy atom. The molecular weight excluding hydrogens is 785 g/mol. The lowest BCUT2D eigenvalue weighted by Crippen LogP contribution is -2.47. The third kappa shape index (κ3) is 12.9. The van der Waals surface area contributed by atoms with Crippen LogP contribution in [0.15, 0.2) is 52.9 Å². The van der Waals surface area contributed by atoms with Gasteiger partial charge in [-0.3, -0.25) is 39.1 Å². The molecule has 1 fully saturated rings. The SMILES string of the molecule is CCC(=O)OC(c1ccccc1)[C@@H](C)NC1OC1c1csc([C@@H](C[C@H](C(C)C)N(C)C(=O)C(=NC(=O)C(C(C)C)N(C)C)[C@@H](C)CC)OCCCCN2C(=O)C=CC2=O)n1. The molecule has 3 heterocycles. The summed E-state index contributed by atoms with van der Waals surface area (Å²) in [5, 5.41) is 6.16. The molecule has 14 nitrogen and oxygen atoms in total. The third-order valence-corrected chi connectivity index (χ3v) is 12.1. The number of aromatic nitrogens is 1. The lowest BCUT2D eigenvalue weighted by atomic mass is 9.94. The fraction of sp³-hybridized carbons (Fsp3) is 0.622. The first-order valence-electron chi connectivity index (χ1n) is 21.3. The Bertz CT molecular complexity index is 1800. The van der Waals surface area contributed by atoms with Crippen molar-refractivity contribution in [2.24, 2.45) is 22.7 Å². The molecule has 1 saturated heterocycles. The van der Waals surface area contributed by atoms with Crippen molar-refractivity contribution in [1.82, 2.24) is 25.0 Å². The van der Waals surface area contributed by atoms with Crippen molar-refractivity contribution >= 4 is 46.6 Å². The molecule has 4 amide bonds. The monoisotopic (exact) mass is 850 g/mol. The topological polar surface area (TPSA) is 163 Å². The first-order valence-corrected chi connectivity index (χ1v) is 22.2. The lowest BCUT2D eigenvalue weighted by molar-refractivity contribution is -0.150. The zero-order valence-electron chi connectivity index (χ0n) is 37.3. The summed E-state index contributed by atoms with van der Waals surface area (Å²) in [5.74, 6) is -1.77. The maximum atomic E-state index is 14.4. The molecule has 4 rings (SSSR count). The molecule has 15 heteroatoms. The van der Waals surface area contributed by atoms with Gasteiger partial charge in [-0.05, 0) is 57.7 Å². The Morgan fingerprint density at radius 2 is 1.63 bits per heavy atom. The van der Waals surface area contributed by atoms with E-state index in [1.807, 2.05) is 89.3 Å². The average Bonchev–Trinajstić information content (AvgIpc) is 3.65. The van der Waals surface area contributed by atoms with E-state index in [-0.39, 0.29) is 83.9 Å². The summed E-state index contributed by atoms with van der Waals surface area (Å²) in [5.41, 5.74) is 1.87. The third-order valence-electron chi connectivity index (χ3n) is 11.2. The maximum absolute atomic E-state index is 14.4. The quantitative estimate of drug-likeness (QED) is 0.0406. The standard InChI is InChI=1S/C45H66N6O8S/c1-12-29(7)38(48-42(55)39(28(5)6)49(9)10)45(56)50(11)33(27(3)4)25-34(57-24-18-17-23-51-35(52)21-22-36(51)53)44-47-32(26-60-44)41-43(59-41)46-30(8)40(58-37(54)13-2)31-19-15-14-16-20-31/h14-16,19-22,26-30,33-34,39-41,43,46H,12-13,17-18,23-25H2,1-11H3/t29-,30+,33+,34+,39?,40?,41?,43?/m0/s1. The van der Waals surface area contributed by atoms with Gasteiger partial charge in [0.25, 0.3) is 23.6 Å². The Morgan fingerprint density at radius 3 is 2.22 bits per heavy atom. The second-order valence-electron chi connectivity index (χ2n) is 16.7. The Hall–Kier alpha value is -4.15. The van der Waals surface area contributed by atoms with E-state index in [4.69, 9.17) is 19.2 Å². The van der Waals surface area contributed by atoms with Crippen LogP contribution in [0.5, 0.6) is 0 Å². The number of esters is 1. The number of carbonyl (C=O) groups is 5. The number of hydrogen-bond acceptors (Lipinski definition) is 12. The van der Waals surface area contributed by atoms with Crippen molar-refractivity contribution in [3.05, 3.63) is 64.1 Å². The molecule has 60 heavy (non-hydrogen) atoms. The molecule has 0 aliphatic carbocycles. The number of likely N-dealkylation sites (N-methyl/N-ethyl adjacent to an activating group) is 1. The molecule has 1 N–H and O–H groups in total. The number of thiazole rings is 1. The maximum Gasteiger partial charge on any atom is 0.306 e. The second-order valence-corrected chi connectivity index (χ2v) is 17.6. The van der Waals surface area contributed by atoms with Gasteiger partial charge in [-0.15, -0.1) is 11.3 Å². The highest BCUT2D eigenvalue weighted by atomic mass is 32.1. The van der Waals surface area contributed by atoms with Gasteiger partial charge >= 0.3 is 5.97 Å². The second kappa shape index (κ2) is 22.6. The van der Waals surface area contributed by atoms with Crippen LogP contribution in [0, 0.1) is 17.8 Å². The molecule has 330 valence electrons. The number of carbonyl (C=O) groups excluding carboxylic acids is 5. The molecule has 0 bridgehead atoms. The highest BCUT2D eigenvalue weighted by molar-refractivity contribution is 7.09. The molecule has 1 aromatic carbocycles. The first-order chi connectivity index (χ1) is 28.5. The van der Waals surface area contributed by atoms with Crippen molar-refractivity contribution in [2.75, 3.05) is 34.3 Å². The minimum absolute atomic E-state index is 0.00412. The van der Waals surface area contributed by atoms with E-state index >= 15 is 0 Å². The molecule has 2 aliphatic rings. The van der Waals surface area contributed by atoms with Gasteiger partial charge in [0, 0.05) is 68.6 Å². The van der Waals surface area contributed by atoms with Crippen LogP contribution in [-0.2, 0) is 38.2 Å². The summed E-state index contributed by atoms with van der Waals surface area (Å²) < 4.78 is 18.5. The van der Waals surface area contributed by atoms with Gasteiger partial charge in [0.2, 0.25) is 0 Å². The van der Waals surface area contributed by atoms with Crippen LogP contribution >= 0.6 is 11.3 Å². The van der Waals surface area contributed by atoms with Crippen LogP contribution < -0.4 is 5.32 Å². The molecule has 2 aromatic rings. The summed E-state index contributed by atoms with van der Waals surface area (Å²) in [7, 11) is 5.45. The first kappa shape index (κ1) is 48.5. The van der Waals surface area contributed by atoms with E-state index in [0.29, 0.717) is 38.8 Å². The molecule has 8 atom stereocenters. The van der Waals surface area contributed by atoms with Crippen LogP contribution in [0.1, 0.15) is 122 Å². The van der Waals surface area contributed by atoms with Crippen molar-refractivity contribution < 1.29 is 38.2 Å². The zero-order chi connectivity index (χ0) is 44.3. The smallest absolute Gasteiger partial charge is 0.306 e. The van der Waals surface area contributed by atoms with Crippen molar-refractivity contribution in [3.63, 3.8) is 0 Å². The largest absolute Gasteiger partial charge is 0.456 e. The average molecular weight is 851 g/mol. The molecule has 4 unspecified atom stereocenters. The summed E-state index contributed by atoms with van der Waals surface area (Å²) in [4.78, 5) is 78.8. The normalized spacial score (nSPS) is 19.8. The van der Waals surface area contributed by atoms with Crippen molar-refractivity contribution in [1.29, 1.82) is 0 Å². The number of benzene rings is 1. The lowest BCUT2D eigenvalue weighted by Gasteiger charge is -2.34. The van der Waals surface area contributed by atoms with Crippen LogP contribution in [0.25, 0.3) is 0 Å². The Labute approximate surface area is 360 Å².